The maximum atomic E-state index is 13.0. The molecule has 7 heteroatoms. The number of furan rings is 1. The number of sulfonamides is 1. The quantitative estimate of drug-likeness (QED) is 0.828. The molecule has 3 heterocycles. The van der Waals surface area contributed by atoms with Crippen LogP contribution >= 0.6 is 0 Å². The Morgan fingerprint density at radius 3 is 2.58 bits per heavy atom. The third-order valence-electron chi connectivity index (χ3n) is 5.13. The zero-order valence-corrected chi connectivity index (χ0v) is 15.5. The van der Waals surface area contributed by atoms with Crippen molar-refractivity contribution in [3.05, 3.63) is 47.7 Å². The first-order chi connectivity index (χ1) is 12.5. The molecule has 0 spiro atoms. The molecular formula is C19H22N2O4S. The minimum atomic E-state index is -3.68. The Balaban J connectivity index is 1.61. The normalized spacial score (nSPS) is 21.0. The summed E-state index contributed by atoms with van der Waals surface area (Å²) < 4.78 is 32.4. The van der Waals surface area contributed by atoms with Crippen molar-refractivity contribution in [3.8, 4) is 0 Å². The second-order valence-electron chi connectivity index (χ2n) is 6.94. The van der Waals surface area contributed by atoms with Crippen LogP contribution in [0.5, 0.6) is 0 Å². The molecule has 0 radical (unpaired) electrons. The highest BCUT2D eigenvalue weighted by molar-refractivity contribution is 7.89. The van der Waals surface area contributed by atoms with E-state index in [1.165, 1.54) is 16.4 Å². The Morgan fingerprint density at radius 1 is 1.08 bits per heavy atom. The van der Waals surface area contributed by atoms with E-state index in [4.69, 9.17) is 4.42 Å². The Kier molecular flexibility index (Phi) is 4.36. The minimum Gasteiger partial charge on any atom is -0.438 e. The van der Waals surface area contributed by atoms with Gasteiger partial charge in [-0.3, -0.25) is 4.79 Å². The van der Waals surface area contributed by atoms with E-state index in [2.05, 4.69) is 0 Å². The number of fused-ring (bicyclic) bond motifs is 1. The summed E-state index contributed by atoms with van der Waals surface area (Å²) in [7, 11) is -3.68. The van der Waals surface area contributed by atoms with Crippen LogP contribution < -0.4 is 4.90 Å². The van der Waals surface area contributed by atoms with Gasteiger partial charge in [0.15, 0.2) is 5.76 Å². The van der Waals surface area contributed by atoms with Gasteiger partial charge in [-0.2, -0.15) is 4.31 Å². The smallest absolute Gasteiger partial charge is 0.294 e. The fourth-order valence-corrected chi connectivity index (χ4v) is 5.23. The molecule has 6 nitrogen and oxygen atoms in total. The fourth-order valence-electron chi connectivity index (χ4n) is 3.80. The molecule has 1 fully saturated rings. The number of amides is 1. The van der Waals surface area contributed by atoms with Crippen LogP contribution in [0.15, 0.2) is 45.9 Å². The number of para-hydroxylation sites is 1. The first-order valence-electron chi connectivity index (χ1n) is 9.00. The lowest BCUT2D eigenvalue weighted by molar-refractivity contribution is 0.0949. The summed E-state index contributed by atoms with van der Waals surface area (Å²) in [6.45, 7) is 2.98. The average Bonchev–Trinajstić information content (AvgIpc) is 3.26. The molecule has 0 unspecified atom stereocenters. The van der Waals surface area contributed by atoms with Crippen molar-refractivity contribution in [3.63, 3.8) is 0 Å². The van der Waals surface area contributed by atoms with Gasteiger partial charge in [0.1, 0.15) is 0 Å². The summed E-state index contributed by atoms with van der Waals surface area (Å²) in [5, 5.41) is -0.150. The topological polar surface area (TPSA) is 70.8 Å². The number of benzene rings is 1. The molecule has 0 bridgehead atoms. The molecule has 0 saturated carbocycles. The molecule has 2 aromatic rings. The third-order valence-corrected chi connectivity index (χ3v) is 6.90. The van der Waals surface area contributed by atoms with Crippen molar-refractivity contribution in [2.45, 2.75) is 43.7 Å². The van der Waals surface area contributed by atoms with Gasteiger partial charge in [-0.1, -0.05) is 24.6 Å². The van der Waals surface area contributed by atoms with Crippen LogP contribution in [0.3, 0.4) is 0 Å². The number of piperidine rings is 1. The van der Waals surface area contributed by atoms with Crippen molar-refractivity contribution in [1.82, 2.24) is 4.31 Å². The van der Waals surface area contributed by atoms with Crippen LogP contribution in [0.4, 0.5) is 5.69 Å². The molecular weight excluding hydrogens is 352 g/mol. The van der Waals surface area contributed by atoms with E-state index in [1.54, 1.807) is 4.90 Å². The van der Waals surface area contributed by atoms with Gasteiger partial charge in [-0.25, -0.2) is 8.42 Å². The summed E-state index contributed by atoms with van der Waals surface area (Å²) in [4.78, 5) is 14.6. The molecule has 1 amide bonds. The second-order valence-corrected chi connectivity index (χ2v) is 8.81. The minimum absolute atomic E-state index is 0.00662. The van der Waals surface area contributed by atoms with Crippen LogP contribution in [-0.2, 0) is 16.4 Å². The van der Waals surface area contributed by atoms with Crippen LogP contribution in [0.1, 0.15) is 42.3 Å². The molecule has 1 aromatic heterocycles. The van der Waals surface area contributed by atoms with E-state index >= 15 is 0 Å². The lowest BCUT2D eigenvalue weighted by Gasteiger charge is -2.24. The molecule has 2 aliphatic rings. The molecule has 0 aliphatic carbocycles. The summed E-state index contributed by atoms with van der Waals surface area (Å²) in [6, 6.07) is 10.6. The number of carbonyl (C=O) groups is 1. The molecule has 26 heavy (non-hydrogen) atoms. The van der Waals surface area contributed by atoms with E-state index in [0.29, 0.717) is 13.1 Å². The van der Waals surface area contributed by atoms with E-state index in [1.807, 2.05) is 31.2 Å². The average molecular weight is 374 g/mol. The predicted octanol–water partition coefficient (Wildman–Crippen LogP) is 3.05. The van der Waals surface area contributed by atoms with Crippen LogP contribution in [0, 0.1) is 0 Å². The first-order valence-corrected chi connectivity index (χ1v) is 10.4. The van der Waals surface area contributed by atoms with E-state index in [9.17, 15) is 13.2 Å². The Hall–Kier alpha value is -2.12. The zero-order valence-electron chi connectivity index (χ0n) is 14.7. The van der Waals surface area contributed by atoms with Gasteiger partial charge in [-0.05, 0) is 49.9 Å². The van der Waals surface area contributed by atoms with Crippen molar-refractivity contribution in [2.75, 3.05) is 18.0 Å². The van der Waals surface area contributed by atoms with Gasteiger partial charge < -0.3 is 9.32 Å². The van der Waals surface area contributed by atoms with Crippen LogP contribution in [0.2, 0.25) is 0 Å². The van der Waals surface area contributed by atoms with E-state index in [-0.39, 0.29) is 22.8 Å². The molecule has 1 saturated heterocycles. The molecule has 4 rings (SSSR count). The summed E-state index contributed by atoms with van der Waals surface area (Å²) in [5.74, 6) is -0.244. The van der Waals surface area contributed by atoms with E-state index in [0.717, 1.165) is 36.9 Å². The van der Waals surface area contributed by atoms with Gasteiger partial charge >= 0.3 is 0 Å². The Bertz CT molecular complexity index is 929. The number of carbonyl (C=O) groups excluding carboxylic acids is 1. The van der Waals surface area contributed by atoms with Crippen LogP contribution in [-0.4, -0.2) is 37.8 Å². The van der Waals surface area contributed by atoms with Crippen molar-refractivity contribution in [2.24, 2.45) is 0 Å². The highest BCUT2D eigenvalue weighted by atomic mass is 32.2. The monoisotopic (exact) mass is 374 g/mol. The summed E-state index contributed by atoms with van der Waals surface area (Å²) in [6.07, 6.45) is 3.53. The van der Waals surface area contributed by atoms with Crippen molar-refractivity contribution in [1.29, 1.82) is 0 Å². The highest BCUT2D eigenvalue weighted by Crippen LogP contribution is 2.33. The fraction of sp³-hybridized carbons (Fsp3) is 0.421. The predicted molar refractivity (Wildman–Crippen MR) is 97.7 cm³/mol. The molecule has 0 N–H and O–H groups in total. The largest absolute Gasteiger partial charge is 0.438 e. The van der Waals surface area contributed by atoms with Gasteiger partial charge in [0.05, 0.1) is 0 Å². The number of rotatable bonds is 3. The molecule has 2 aliphatic heterocycles. The van der Waals surface area contributed by atoms with Crippen molar-refractivity contribution < 1.29 is 17.6 Å². The Morgan fingerprint density at radius 2 is 1.81 bits per heavy atom. The van der Waals surface area contributed by atoms with Gasteiger partial charge in [0.2, 0.25) is 5.09 Å². The number of nitrogens with zero attached hydrogens (tertiary/aromatic N) is 2. The summed E-state index contributed by atoms with van der Waals surface area (Å²) >= 11 is 0. The third kappa shape index (κ3) is 2.85. The zero-order chi connectivity index (χ0) is 18.3. The number of anilines is 1. The molecule has 1 atom stereocenters. The van der Waals surface area contributed by atoms with Gasteiger partial charge in [-0.15, -0.1) is 0 Å². The highest BCUT2D eigenvalue weighted by Gasteiger charge is 2.34. The standard InChI is InChI=1S/C19H22N2O4S/c1-14-13-15-7-3-4-8-16(15)21(14)19(22)17-9-10-18(25-17)26(23,24)20-11-5-2-6-12-20/h3-4,7-10,14H,2,5-6,11-13H2,1H3/t14-/m0/s1. The van der Waals surface area contributed by atoms with E-state index < -0.39 is 10.0 Å². The molecule has 138 valence electrons. The van der Waals surface area contributed by atoms with Gasteiger partial charge in [0.25, 0.3) is 15.9 Å². The number of hydrogen-bond acceptors (Lipinski definition) is 4. The lowest BCUT2D eigenvalue weighted by Crippen LogP contribution is -2.36. The maximum absolute atomic E-state index is 13.0. The summed E-state index contributed by atoms with van der Waals surface area (Å²) in [5.41, 5.74) is 1.97. The lowest BCUT2D eigenvalue weighted by atomic mass is 10.1. The van der Waals surface area contributed by atoms with Crippen LogP contribution in [0.25, 0.3) is 0 Å². The first kappa shape index (κ1) is 17.3. The maximum Gasteiger partial charge on any atom is 0.294 e. The van der Waals surface area contributed by atoms with Gasteiger partial charge in [0, 0.05) is 24.8 Å². The number of hydrogen-bond donors (Lipinski definition) is 0. The second kappa shape index (κ2) is 6.55. The SMILES string of the molecule is C[C@H]1Cc2ccccc2N1C(=O)c1ccc(S(=O)(=O)N2CCCCC2)o1. The molecule has 1 aromatic carbocycles. The van der Waals surface area contributed by atoms with Crippen molar-refractivity contribution >= 4 is 21.6 Å². The Labute approximate surface area is 153 Å².